The van der Waals surface area contributed by atoms with Crippen molar-refractivity contribution in [3.8, 4) is 11.3 Å². The smallest absolute Gasteiger partial charge is 0.262 e. The molecule has 1 atom stereocenters. The first kappa shape index (κ1) is 22.3. The summed E-state index contributed by atoms with van der Waals surface area (Å²) in [6.07, 6.45) is 4.56. The number of hydrogen-bond acceptors (Lipinski definition) is 6. The van der Waals surface area contributed by atoms with Crippen LogP contribution < -0.4 is 10.9 Å². The first-order valence-corrected chi connectivity index (χ1v) is 13.6. The van der Waals surface area contributed by atoms with Gasteiger partial charge >= 0.3 is 0 Å². The van der Waals surface area contributed by atoms with Crippen LogP contribution in [-0.4, -0.2) is 20.6 Å². The molecule has 3 heterocycles. The van der Waals surface area contributed by atoms with E-state index in [1.165, 1.54) is 16.0 Å². The Morgan fingerprint density at radius 2 is 1.94 bits per heavy atom. The molecule has 6 rings (SSSR count). The third-order valence-electron chi connectivity index (χ3n) is 6.67. The molecule has 5 nitrogen and oxygen atoms in total. The van der Waals surface area contributed by atoms with E-state index in [9.17, 15) is 4.79 Å². The molecule has 0 aliphatic heterocycles. The van der Waals surface area contributed by atoms with Crippen LogP contribution in [0.25, 0.3) is 21.5 Å². The Balaban J connectivity index is 1.16. The van der Waals surface area contributed by atoms with Crippen LogP contribution in [0.1, 0.15) is 33.0 Å². The van der Waals surface area contributed by atoms with Gasteiger partial charge in [0.05, 0.1) is 24.0 Å². The molecule has 0 saturated carbocycles. The van der Waals surface area contributed by atoms with Gasteiger partial charge in [0.1, 0.15) is 9.84 Å². The summed E-state index contributed by atoms with van der Waals surface area (Å²) in [7, 11) is 0. The van der Waals surface area contributed by atoms with E-state index >= 15 is 0 Å². The highest BCUT2D eigenvalue weighted by molar-refractivity contribution is 7.18. The van der Waals surface area contributed by atoms with E-state index in [4.69, 9.17) is 4.98 Å². The minimum atomic E-state index is 0.0794. The number of thiazole rings is 1. The van der Waals surface area contributed by atoms with Gasteiger partial charge in [-0.2, -0.15) is 0 Å². The molecule has 0 spiro atoms. The van der Waals surface area contributed by atoms with Crippen molar-refractivity contribution in [1.29, 1.82) is 0 Å². The quantitative estimate of drug-likeness (QED) is 0.332. The summed E-state index contributed by atoms with van der Waals surface area (Å²) < 4.78 is 1.75. The molecule has 1 N–H and O–H groups in total. The van der Waals surface area contributed by atoms with Crippen molar-refractivity contribution in [2.24, 2.45) is 0 Å². The Morgan fingerprint density at radius 1 is 1.11 bits per heavy atom. The van der Waals surface area contributed by atoms with E-state index in [0.717, 1.165) is 57.9 Å². The van der Waals surface area contributed by atoms with E-state index in [1.807, 2.05) is 18.2 Å². The van der Waals surface area contributed by atoms with Crippen LogP contribution in [-0.2, 0) is 25.9 Å². The molecular weight excluding hydrogens is 472 g/mol. The number of hydrogen-bond donors (Lipinski definition) is 1. The Labute approximate surface area is 212 Å². The predicted molar refractivity (Wildman–Crippen MR) is 144 cm³/mol. The summed E-state index contributed by atoms with van der Waals surface area (Å²) in [5.41, 5.74) is 5.81. The van der Waals surface area contributed by atoms with Gasteiger partial charge in [-0.25, -0.2) is 9.97 Å². The lowest BCUT2D eigenvalue weighted by atomic mass is 9.93. The third-order valence-corrected chi connectivity index (χ3v) is 8.68. The second-order valence-electron chi connectivity index (χ2n) is 9.16. The molecule has 0 radical (unpaired) electrons. The molecular formula is C28H26N4OS2. The van der Waals surface area contributed by atoms with Gasteiger partial charge in [0, 0.05) is 28.4 Å². The van der Waals surface area contributed by atoms with Crippen LogP contribution in [0.4, 0.5) is 0 Å². The molecule has 0 fully saturated rings. The van der Waals surface area contributed by atoms with Crippen LogP contribution >= 0.6 is 22.7 Å². The zero-order valence-corrected chi connectivity index (χ0v) is 21.2. The Morgan fingerprint density at radius 3 is 2.77 bits per heavy atom. The zero-order chi connectivity index (χ0) is 23.8. The highest BCUT2D eigenvalue weighted by Crippen LogP contribution is 2.34. The van der Waals surface area contributed by atoms with Crippen LogP contribution in [0, 0.1) is 6.92 Å². The Kier molecular flexibility index (Phi) is 6.06. The van der Waals surface area contributed by atoms with Gasteiger partial charge in [-0.3, -0.25) is 9.36 Å². The molecule has 0 bridgehead atoms. The normalized spacial score (nSPS) is 15.4. The maximum Gasteiger partial charge on any atom is 0.262 e. The zero-order valence-electron chi connectivity index (χ0n) is 19.5. The van der Waals surface area contributed by atoms with Gasteiger partial charge in [-0.1, -0.05) is 60.2 Å². The maximum absolute atomic E-state index is 13.4. The molecule has 7 heteroatoms. The van der Waals surface area contributed by atoms with Crippen molar-refractivity contribution < 1.29 is 0 Å². The van der Waals surface area contributed by atoms with Crippen molar-refractivity contribution in [1.82, 2.24) is 19.9 Å². The molecule has 1 aliphatic carbocycles. The van der Waals surface area contributed by atoms with Gasteiger partial charge in [0.2, 0.25) is 0 Å². The Hall–Kier alpha value is -3.13. The number of rotatable bonds is 6. The lowest BCUT2D eigenvalue weighted by Crippen LogP contribution is -2.33. The minimum Gasteiger partial charge on any atom is -0.307 e. The first-order valence-electron chi connectivity index (χ1n) is 11.9. The van der Waals surface area contributed by atoms with Gasteiger partial charge in [-0.15, -0.1) is 22.7 Å². The molecule has 5 aromatic rings. The molecule has 35 heavy (non-hydrogen) atoms. The minimum absolute atomic E-state index is 0.0794. The summed E-state index contributed by atoms with van der Waals surface area (Å²) in [6.45, 7) is 3.39. The van der Waals surface area contributed by atoms with Crippen molar-refractivity contribution in [3.05, 3.63) is 103 Å². The number of thiophene rings is 1. The van der Waals surface area contributed by atoms with Crippen LogP contribution in [0.2, 0.25) is 0 Å². The number of aromatic nitrogens is 3. The van der Waals surface area contributed by atoms with Crippen molar-refractivity contribution in [2.45, 2.75) is 45.3 Å². The predicted octanol–water partition coefficient (Wildman–Crippen LogP) is 5.59. The van der Waals surface area contributed by atoms with Crippen molar-refractivity contribution >= 4 is 32.9 Å². The molecule has 0 amide bonds. The van der Waals surface area contributed by atoms with Crippen molar-refractivity contribution in [3.63, 3.8) is 0 Å². The van der Waals surface area contributed by atoms with Crippen LogP contribution in [0.5, 0.6) is 0 Å². The topological polar surface area (TPSA) is 59.8 Å². The lowest BCUT2D eigenvalue weighted by molar-refractivity contribution is 0.462. The molecule has 2 aromatic carbocycles. The number of aryl methyl sites for hydroxylation is 2. The number of nitrogens with one attached hydrogen (secondary N) is 1. The Bertz CT molecular complexity index is 1530. The average Bonchev–Trinajstić information content (AvgIpc) is 3.51. The second-order valence-corrected chi connectivity index (χ2v) is 11.2. The maximum atomic E-state index is 13.4. The molecule has 0 saturated heterocycles. The average molecular weight is 499 g/mol. The van der Waals surface area contributed by atoms with E-state index in [2.05, 4.69) is 59.0 Å². The highest BCUT2D eigenvalue weighted by atomic mass is 32.1. The number of nitrogens with zero attached hydrogens (tertiary/aromatic N) is 3. The third kappa shape index (κ3) is 4.59. The summed E-state index contributed by atoms with van der Waals surface area (Å²) in [4.78, 5) is 25.0. The number of benzene rings is 2. The first-order chi connectivity index (χ1) is 17.1. The molecule has 1 aliphatic rings. The molecule has 176 valence electrons. The monoisotopic (exact) mass is 498 g/mol. The van der Waals surface area contributed by atoms with Gasteiger partial charge in [-0.05, 0) is 37.3 Å². The van der Waals surface area contributed by atoms with E-state index in [1.54, 1.807) is 33.6 Å². The molecule has 3 aromatic heterocycles. The van der Waals surface area contributed by atoms with Crippen LogP contribution in [0.3, 0.4) is 0 Å². The fraction of sp³-hybridized carbons (Fsp3) is 0.250. The molecule has 0 unspecified atom stereocenters. The SMILES string of the molecule is Cc1ccc(Cn2cnc3sc4c(c3c2=O)CC[C@@H](NCc2nc(-c3ccccc3)cs2)C4)cc1. The summed E-state index contributed by atoms with van der Waals surface area (Å²) in [5.74, 6) is 0. The van der Waals surface area contributed by atoms with E-state index in [0.29, 0.717) is 12.6 Å². The van der Waals surface area contributed by atoms with Gasteiger partial charge < -0.3 is 5.32 Å². The summed E-state index contributed by atoms with van der Waals surface area (Å²) in [5, 5.41) is 7.76. The highest BCUT2D eigenvalue weighted by Gasteiger charge is 2.25. The van der Waals surface area contributed by atoms with Gasteiger partial charge in [0.15, 0.2) is 0 Å². The number of fused-ring (bicyclic) bond motifs is 3. The van der Waals surface area contributed by atoms with Crippen molar-refractivity contribution in [2.75, 3.05) is 0 Å². The van der Waals surface area contributed by atoms with E-state index < -0.39 is 0 Å². The summed E-state index contributed by atoms with van der Waals surface area (Å²) in [6, 6.07) is 19.0. The lowest BCUT2D eigenvalue weighted by Gasteiger charge is -2.23. The fourth-order valence-electron chi connectivity index (χ4n) is 4.74. The van der Waals surface area contributed by atoms with E-state index in [-0.39, 0.29) is 5.56 Å². The largest absolute Gasteiger partial charge is 0.307 e. The standard InChI is InChI=1S/C28H26N4OS2/c1-18-7-9-19(10-8-18)15-32-17-30-27-26(28(32)33)22-12-11-21(13-24(22)35-27)29-14-25-31-23(16-34-25)20-5-3-2-4-6-20/h2-10,16-17,21,29H,11-15H2,1H3/t21-/m1/s1. The second kappa shape index (κ2) is 9.49. The van der Waals surface area contributed by atoms with Crippen LogP contribution in [0.15, 0.2) is 71.1 Å². The van der Waals surface area contributed by atoms with Gasteiger partial charge in [0.25, 0.3) is 5.56 Å². The fourth-order valence-corrected chi connectivity index (χ4v) is 6.76. The summed E-state index contributed by atoms with van der Waals surface area (Å²) >= 11 is 3.38.